The lowest BCUT2D eigenvalue weighted by Gasteiger charge is -2.20. The predicted octanol–water partition coefficient (Wildman–Crippen LogP) is 3.43. The monoisotopic (exact) mass is 473 g/mol. The van der Waals surface area contributed by atoms with Crippen LogP contribution in [0.2, 0.25) is 0 Å². The first-order valence-electron chi connectivity index (χ1n) is 7.89. The molecule has 4 nitrogen and oxygen atoms in total. The van der Waals surface area contributed by atoms with Crippen LogP contribution < -0.4 is 0 Å². The van der Waals surface area contributed by atoms with Crippen molar-refractivity contribution < 1.29 is 17.6 Å². The van der Waals surface area contributed by atoms with Crippen LogP contribution in [-0.2, 0) is 9.84 Å². The van der Waals surface area contributed by atoms with Gasteiger partial charge in [0.15, 0.2) is 9.84 Å². The number of hydrogen-bond donors (Lipinski definition) is 0. The standard InChI is InChI=1S/C18H17FINO3S/c19-16-4-2-1-3-15(16)17-9-10-21(11-12-25(17,23)24)18(22)13-5-7-14(20)8-6-13/h1-8,17H,9-12H2. The maximum atomic E-state index is 14.1. The van der Waals surface area contributed by atoms with Crippen molar-refractivity contribution in [2.24, 2.45) is 0 Å². The molecule has 1 saturated heterocycles. The molecule has 1 atom stereocenters. The summed E-state index contributed by atoms with van der Waals surface area (Å²) in [5, 5.41) is -0.914. The lowest BCUT2D eigenvalue weighted by atomic mass is 10.1. The number of halogens is 2. The van der Waals surface area contributed by atoms with Gasteiger partial charge in [-0.3, -0.25) is 4.79 Å². The van der Waals surface area contributed by atoms with Gasteiger partial charge < -0.3 is 4.90 Å². The second kappa shape index (κ2) is 7.41. The van der Waals surface area contributed by atoms with Crippen LogP contribution in [0.5, 0.6) is 0 Å². The van der Waals surface area contributed by atoms with Crippen LogP contribution in [0.15, 0.2) is 48.5 Å². The Hall–Kier alpha value is -1.48. The molecular weight excluding hydrogens is 456 g/mol. The Morgan fingerprint density at radius 2 is 1.76 bits per heavy atom. The quantitative estimate of drug-likeness (QED) is 0.629. The number of nitrogens with zero attached hydrogens (tertiary/aromatic N) is 1. The van der Waals surface area contributed by atoms with Gasteiger partial charge in [0.05, 0.1) is 11.0 Å². The normalized spacial score (nSPS) is 20.1. The summed E-state index contributed by atoms with van der Waals surface area (Å²) in [5.74, 6) is -0.878. The number of amides is 1. The molecule has 132 valence electrons. The molecule has 2 aromatic rings. The topological polar surface area (TPSA) is 54.5 Å². The van der Waals surface area contributed by atoms with Gasteiger partial charge in [-0.1, -0.05) is 18.2 Å². The Morgan fingerprint density at radius 3 is 2.44 bits per heavy atom. The average Bonchev–Trinajstić information content (AvgIpc) is 2.74. The molecule has 0 saturated carbocycles. The van der Waals surface area contributed by atoms with Gasteiger partial charge in [-0.25, -0.2) is 12.8 Å². The highest BCUT2D eigenvalue weighted by atomic mass is 127. The summed E-state index contributed by atoms with van der Waals surface area (Å²) in [5.41, 5.74) is 0.716. The Bertz CT molecular complexity index is 883. The second-order valence-corrected chi connectivity index (χ2v) is 9.51. The third-order valence-corrected chi connectivity index (χ3v) is 7.20. The molecule has 0 aliphatic carbocycles. The first-order valence-corrected chi connectivity index (χ1v) is 10.7. The van der Waals surface area contributed by atoms with E-state index in [9.17, 15) is 17.6 Å². The van der Waals surface area contributed by atoms with Crippen molar-refractivity contribution in [2.45, 2.75) is 11.7 Å². The molecule has 1 unspecified atom stereocenters. The molecule has 3 rings (SSSR count). The van der Waals surface area contributed by atoms with Crippen LogP contribution in [0.4, 0.5) is 4.39 Å². The summed E-state index contributed by atoms with van der Waals surface area (Å²) in [4.78, 5) is 14.2. The van der Waals surface area contributed by atoms with Gasteiger partial charge in [0, 0.05) is 27.8 Å². The molecule has 25 heavy (non-hydrogen) atoms. The average molecular weight is 473 g/mol. The summed E-state index contributed by atoms with van der Waals surface area (Å²) < 4.78 is 40.3. The largest absolute Gasteiger partial charge is 0.338 e. The summed E-state index contributed by atoms with van der Waals surface area (Å²) in [6, 6.07) is 13.1. The minimum absolute atomic E-state index is 0.123. The van der Waals surface area contributed by atoms with Crippen molar-refractivity contribution >= 4 is 38.3 Å². The van der Waals surface area contributed by atoms with Crippen molar-refractivity contribution in [3.8, 4) is 0 Å². The van der Waals surface area contributed by atoms with Crippen LogP contribution in [0.25, 0.3) is 0 Å². The number of hydrogen-bond acceptors (Lipinski definition) is 3. The molecule has 2 aromatic carbocycles. The van der Waals surface area contributed by atoms with E-state index in [-0.39, 0.29) is 36.7 Å². The van der Waals surface area contributed by atoms with Crippen molar-refractivity contribution in [3.63, 3.8) is 0 Å². The first-order chi connectivity index (χ1) is 11.9. The Kier molecular flexibility index (Phi) is 5.43. The predicted molar refractivity (Wildman–Crippen MR) is 103 cm³/mol. The van der Waals surface area contributed by atoms with Gasteiger partial charge in [0.2, 0.25) is 0 Å². The van der Waals surface area contributed by atoms with E-state index in [1.807, 2.05) is 12.1 Å². The molecule has 0 N–H and O–H groups in total. The van der Waals surface area contributed by atoms with E-state index in [1.165, 1.54) is 18.2 Å². The highest BCUT2D eigenvalue weighted by Gasteiger charge is 2.34. The van der Waals surface area contributed by atoms with E-state index < -0.39 is 20.9 Å². The van der Waals surface area contributed by atoms with Crippen molar-refractivity contribution in [1.29, 1.82) is 0 Å². The molecule has 7 heteroatoms. The van der Waals surface area contributed by atoms with Crippen LogP contribution in [0.1, 0.15) is 27.6 Å². The van der Waals surface area contributed by atoms with E-state index in [1.54, 1.807) is 23.1 Å². The third kappa shape index (κ3) is 4.03. The fourth-order valence-electron chi connectivity index (χ4n) is 3.01. The lowest BCUT2D eigenvalue weighted by Crippen LogP contribution is -2.33. The molecule has 1 aliphatic heterocycles. The number of sulfone groups is 1. The van der Waals surface area contributed by atoms with Crippen molar-refractivity contribution in [3.05, 3.63) is 69.0 Å². The van der Waals surface area contributed by atoms with Gasteiger partial charge >= 0.3 is 0 Å². The fraction of sp³-hybridized carbons (Fsp3) is 0.278. The number of rotatable bonds is 2. The molecule has 0 radical (unpaired) electrons. The molecule has 0 aromatic heterocycles. The first kappa shape index (κ1) is 18.3. The lowest BCUT2D eigenvalue weighted by molar-refractivity contribution is 0.0766. The van der Waals surface area contributed by atoms with E-state index >= 15 is 0 Å². The Morgan fingerprint density at radius 1 is 1.08 bits per heavy atom. The highest BCUT2D eigenvalue weighted by Crippen LogP contribution is 2.31. The summed E-state index contributed by atoms with van der Waals surface area (Å²) >= 11 is 2.16. The van der Waals surface area contributed by atoms with Crippen LogP contribution in [0, 0.1) is 9.39 Å². The van der Waals surface area contributed by atoms with E-state index in [0.717, 1.165) is 3.57 Å². The zero-order valence-electron chi connectivity index (χ0n) is 13.4. The maximum absolute atomic E-state index is 14.1. The molecular formula is C18H17FINO3S. The van der Waals surface area contributed by atoms with E-state index in [0.29, 0.717) is 5.56 Å². The van der Waals surface area contributed by atoms with Gasteiger partial charge in [0.1, 0.15) is 5.82 Å². The minimum Gasteiger partial charge on any atom is -0.338 e. The molecule has 1 heterocycles. The SMILES string of the molecule is O=C(c1ccc(I)cc1)N1CCC(c2ccccc2F)S(=O)(=O)CC1. The molecule has 1 amide bonds. The summed E-state index contributed by atoms with van der Waals surface area (Å²) in [7, 11) is -3.53. The van der Waals surface area contributed by atoms with E-state index in [4.69, 9.17) is 0 Å². The second-order valence-electron chi connectivity index (χ2n) is 5.96. The third-order valence-electron chi connectivity index (χ3n) is 4.37. The smallest absolute Gasteiger partial charge is 0.253 e. The zero-order valence-corrected chi connectivity index (χ0v) is 16.3. The Balaban J connectivity index is 1.84. The molecule has 0 bridgehead atoms. The fourth-order valence-corrected chi connectivity index (χ4v) is 5.17. The van der Waals surface area contributed by atoms with Crippen molar-refractivity contribution in [2.75, 3.05) is 18.8 Å². The zero-order chi connectivity index (χ0) is 18.0. The van der Waals surface area contributed by atoms with Gasteiger partial charge in [0.25, 0.3) is 5.91 Å². The molecule has 1 aliphatic rings. The Labute approximate surface area is 160 Å². The van der Waals surface area contributed by atoms with Crippen molar-refractivity contribution in [1.82, 2.24) is 4.90 Å². The molecule has 0 spiro atoms. The maximum Gasteiger partial charge on any atom is 0.253 e. The van der Waals surface area contributed by atoms with Gasteiger partial charge in [-0.15, -0.1) is 0 Å². The minimum atomic E-state index is -3.53. The number of carbonyl (C=O) groups is 1. The number of benzene rings is 2. The number of carbonyl (C=O) groups excluding carboxylic acids is 1. The van der Waals surface area contributed by atoms with Crippen LogP contribution in [0.3, 0.4) is 0 Å². The molecule has 1 fully saturated rings. The van der Waals surface area contributed by atoms with Gasteiger partial charge in [-0.05, 0) is 59.3 Å². The summed E-state index contributed by atoms with van der Waals surface area (Å²) in [6.07, 6.45) is 0.194. The summed E-state index contributed by atoms with van der Waals surface area (Å²) in [6.45, 7) is 0.404. The van der Waals surface area contributed by atoms with Crippen LogP contribution >= 0.6 is 22.6 Å². The van der Waals surface area contributed by atoms with E-state index in [2.05, 4.69) is 22.6 Å². The van der Waals surface area contributed by atoms with Crippen LogP contribution in [-0.4, -0.2) is 38.1 Å². The highest BCUT2D eigenvalue weighted by molar-refractivity contribution is 14.1. The van der Waals surface area contributed by atoms with Gasteiger partial charge in [-0.2, -0.15) is 0 Å².